The van der Waals surface area contributed by atoms with E-state index in [0.29, 0.717) is 6.54 Å². The molecule has 1 aliphatic rings. The molecule has 0 radical (unpaired) electrons. The normalized spacial score (nSPS) is 16.8. The summed E-state index contributed by atoms with van der Waals surface area (Å²) in [4.78, 5) is 19.6. The van der Waals surface area contributed by atoms with Crippen LogP contribution in [-0.2, 0) is 17.9 Å². The van der Waals surface area contributed by atoms with Crippen molar-refractivity contribution in [3.8, 4) is 11.1 Å². The Kier molecular flexibility index (Phi) is 5.71. The van der Waals surface area contributed by atoms with Crippen molar-refractivity contribution in [2.75, 3.05) is 11.9 Å². The van der Waals surface area contributed by atoms with Gasteiger partial charge in [0.15, 0.2) is 0 Å². The smallest absolute Gasteiger partial charge is 0.241 e. The predicted molar refractivity (Wildman–Crippen MR) is 112 cm³/mol. The number of imidazole rings is 1. The number of amides is 1. The fourth-order valence-electron chi connectivity index (χ4n) is 3.92. The molecule has 0 saturated carbocycles. The third kappa shape index (κ3) is 4.38. The molecule has 2 heterocycles. The van der Waals surface area contributed by atoms with Gasteiger partial charge in [0, 0.05) is 24.6 Å². The zero-order valence-electron chi connectivity index (χ0n) is 16.5. The minimum atomic E-state index is -0.261. The number of aromatic nitrogens is 2. The maximum Gasteiger partial charge on any atom is 0.241 e. The number of benzene rings is 2. The van der Waals surface area contributed by atoms with Gasteiger partial charge >= 0.3 is 0 Å². The van der Waals surface area contributed by atoms with Gasteiger partial charge in [0.2, 0.25) is 5.91 Å². The number of likely N-dealkylation sites (tertiary alicyclic amines) is 1. The molecular formula is C23H25FN4O. The van der Waals surface area contributed by atoms with Crippen LogP contribution in [0.5, 0.6) is 0 Å². The molecule has 6 heteroatoms. The third-order valence-electron chi connectivity index (χ3n) is 5.46. The highest BCUT2D eigenvalue weighted by molar-refractivity contribution is 5.95. The summed E-state index contributed by atoms with van der Waals surface area (Å²) in [6.45, 7) is 4.53. The Hall–Kier alpha value is -2.99. The lowest BCUT2D eigenvalue weighted by molar-refractivity contribution is -0.120. The van der Waals surface area contributed by atoms with Gasteiger partial charge in [-0.3, -0.25) is 9.69 Å². The maximum absolute atomic E-state index is 13.2. The molecule has 2 aromatic carbocycles. The van der Waals surface area contributed by atoms with Gasteiger partial charge in [-0.1, -0.05) is 24.3 Å². The first-order valence-corrected chi connectivity index (χ1v) is 10.0. The molecule has 5 nitrogen and oxygen atoms in total. The second-order valence-electron chi connectivity index (χ2n) is 7.33. The first-order valence-electron chi connectivity index (χ1n) is 10.0. The summed E-state index contributed by atoms with van der Waals surface area (Å²) in [5.41, 5.74) is 2.60. The average Bonchev–Trinajstić information content (AvgIpc) is 3.38. The second kappa shape index (κ2) is 8.57. The van der Waals surface area contributed by atoms with Crippen LogP contribution in [0.1, 0.15) is 25.6 Å². The molecule has 0 spiro atoms. The number of carbonyl (C=O) groups excluding carboxylic acids is 1. The maximum atomic E-state index is 13.2. The molecule has 1 saturated heterocycles. The number of nitrogens with one attached hydrogen (secondary N) is 1. The first-order chi connectivity index (χ1) is 14.1. The van der Waals surface area contributed by atoms with Crippen molar-refractivity contribution in [2.24, 2.45) is 0 Å². The minimum Gasteiger partial charge on any atom is -0.334 e. The van der Waals surface area contributed by atoms with Gasteiger partial charge < -0.3 is 9.88 Å². The number of hydrogen-bond donors (Lipinski definition) is 1. The quantitative estimate of drug-likeness (QED) is 0.680. The van der Waals surface area contributed by atoms with Gasteiger partial charge in [-0.15, -0.1) is 0 Å². The van der Waals surface area contributed by atoms with E-state index in [-0.39, 0.29) is 17.8 Å². The molecule has 29 heavy (non-hydrogen) atoms. The summed E-state index contributed by atoms with van der Waals surface area (Å²) < 4.78 is 15.3. The molecule has 1 aliphatic heterocycles. The largest absolute Gasteiger partial charge is 0.334 e. The van der Waals surface area contributed by atoms with Crippen molar-refractivity contribution in [2.45, 2.75) is 38.9 Å². The van der Waals surface area contributed by atoms with Crippen molar-refractivity contribution in [1.29, 1.82) is 0 Å². The molecule has 1 N–H and O–H groups in total. The van der Waals surface area contributed by atoms with Crippen molar-refractivity contribution >= 4 is 11.6 Å². The lowest BCUT2D eigenvalue weighted by atomic mass is 10.0. The van der Waals surface area contributed by atoms with Crippen LogP contribution in [0, 0.1) is 5.82 Å². The number of carbonyl (C=O) groups is 1. The summed E-state index contributed by atoms with van der Waals surface area (Å²) >= 11 is 0. The summed E-state index contributed by atoms with van der Waals surface area (Å²) in [6, 6.07) is 13.9. The lowest BCUT2D eigenvalue weighted by Crippen LogP contribution is -2.39. The fraction of sp³-hybridized carbons (Fsp3) is 0.304. The molecule has 1 aromatic heterocycles. The number of rotatable bonds is 6. The van der Waals surface area contributed by atoms with Crippen LogP contribution in [0.25, 0.3) is 11.1 Å². The van der Waals surface area contributed by atoms with Gasteiger partial charge in [0.1, 0.15) is 11.6 Å². The molecule has 0 bridgehead atoms. The summed E-state index contributed by atoms with van der Waals surface area (Å²) in [5, 5.41) is 3.06. The lowest BCUT2D eigenvalue weighted by Gasteiger charge is -2.23. The van der Waals surface area contributed by atoms with Gasteiger partial charge in [-0.25, -0.2) is 9.37 Å². The van der Waals surface area contributed by atoms with E-state index in [9.17, 15) is 9.18 Å². The third-order valence-corrected chi connectivity index (χ3v) is 5.46. The number of hydrogen-bond acceptors (Lipinski definition) is 3. The highest BCUT2D eigenvalue weighted by Crippen LogP contribution is 2.25. The second-order valence-corrected chi connectivity index (χ2v) is 7.33. The van der Waals surface area contributed by atoms with Crippen LogP contribution in [-0.4, -0.2) is 32.9 Å². The average molecular weight is 392 g/mol. The van der Waals surface area contributed by atoms with E-state index in [1.165, 1.54) is 12.1 Å². The Balaban J connectivity index is 1.46. The molecule has 0 aliphatic carbocycles. The summed E-state index contributed by atoms with van der Waals surface area (Å²) in [5.74, 6) is 0.738. The van der Waals surface area contributed by atoms with E-state index in [1.54, 1.807) is 12.1 Å². The van der Waals surface area contributed by atoms with Gasteiger partial charge in [-0.05, 0) is 61.7 Å². The van der Waals surface area contributed by atoms with Crippen LogP contribution >= 0.6 is 0 Å². The molecule has 4 rings (SSSR count). The Morgan fingerprint density at radius 3 is 2.83 bits per heavy atom. The van der Waals surface area contributed by atoms with Crippen molar-refractivity contribution < 1.29 is 9.18 Å². The highest BCUT2D eigenvalue weighted by atomic mass is 19.1. The van der Waals surface area contributed by atoms with Crippen LogP contribution in [0.2, 0.25) is 0 Å². The van der Waals surface area contributed by atoms with E-state index in [4.69, 9.17) is 0 Å². The summed E-state index contributed by atoms with van der Waals surface area (Å²) in [7, 11) is 0. The van der Waals surface area contributed by atoms with Gasteiger partial charge in [0.05, 0.1) is 12.6 Å². The fourth-order valence-corrected chi connectivity index (χ4v) is 3.92. The first kappa shape index (κ1) is 19.3. The Labute approximate surface area is 170 Å². The number of halogens is 1. The van der Waals surface area contributed by atoms with Gasteiger partial charge in [0.25, 0.3) is 0 Å². The highest BCUT2D eigenvalue weighted by Gasteiger charge is 2.31. The van der Waals surface area contributed by atoms with Crippen molar-refractivity contribution in [3.05, 3.63) is 72.6 Å². The van der Waals surface area contributed by atoms with E-state index in [0.717, 1.165) is 48.6 Å². The zero-order chi connectivity index (χ0) is 20.2. The molecule has 150 valence electrons. The van der Waals surface area contributed by atoms with E-state index in [1.807, 2.05) is 36.7 Å². The minimum absolute atomic E-state index is 0.00774. The number of nitrogens with zero attached hydrogens (tertiary/aromatic N) is 3. The topological polar surface area (TPSA) is 50.2 Å². The number of anilines is 1. The zero-order valence-corrected chi connectivity index (χ0v) is 16.5. The molecule has 1 unspecified atom stereocenters. The van der Waals surface area contributed by atoms with Gasteiger partial charge in [-0.2, -0.15) is 0 Å². The van der Waals surface area contributed by atoms with Crippen LogP contribution in [0.4, 0.5) is 10.1 Å². The van der Waals surface area contributed by atoms with Crippen LogP contribution in [0.15, 0.2) is 60.9 Å². The van der Waals surface area contributed by atoms with E-state index in [2.05, 4.69) is 26.7 Å². The molecule has 1 atom stereocenters. The van der Waals surface area contributed by atoms with E-state index < -0.39 is 0 Å². The molecule has 3 aromatic rings. The standard InChI is InChI=1S/C23H25FN4O/c1-2-27-14-12-25-22(27)16-28-13-4-7-21(28)23(29)26-20-6-3-5-18(15-20)17-8-10-19(24)11-9-17/h3,5-6,8-12,14-15,21H,2,4,7,13,16H2,1H3,(H,26,29). The summed E-state index contributed by atoms with van der Waals surface area (Å²) in [6.07, 6.45) is 5.63. The Morgan fingerprint density at radius 1 is 1.21 bits per heavy atom. The number of aryl methyl sites for hydroxylation is 1. The van der Waals surface area contributed by atoms with Crippen molar-refractivity contribution in [3.63, 3.8) is 0 Å². The SMILES string of the molecule is CCn1ccnc1CN1CCCC1C(=O)Nc1cccc(-c2ccc(F)cc2)c1. The van der Waals surface area contributed by atoms with Crippen LogP contribution < -0.4 is 5.32 Å². The molecular weight excluding hydrogens is 367 g/mol. The molecule has 1 amide bonds. The van der Waals surface area contributed by atoms with Crippen LogP contribution in [0.3, 0.4) is 0 Å². The predicted octanol–water partition coefficient (Wildman–Crippen LogP) is 4.31. The van der Waals surface area contributed by atoms with E-state index >= 15 is 0 Å². The Bertz CT molecular complexity index is 983. The Morgan fingerprint density at radius 2 is 2.03 bits per heavy atom. The molecule has 1 fully saturated rings. The monoisotopic (exact) mass is 392 g/mol. The van der Waals surface area contributed by atoms with Crippen molar-refractivity contribution in [1.82, 2.24) is 14.5 Å².